The van der Waals surface area contributed by atoms with Crippen LogP contribution in [0.15, 0.2) is 0 Å². The number of hydrogen-bond acceptors (Lipinski definition) is 2. The fourth-order valence-electron chi connectivity index (χ4n) is 4.19. The van der Waals surface area contributed by atoms with Gasteiger partial charge < -0.3 is 10.2 Å². The first-order valence-corrected chi connectivity index (χ1v) is 8.89. The van der Waals surface area contributed by atoms with Gasteiger partial charge in [-0.3, -0.25) is 0 Å². The van der Waals surface area contributed by atoms with Crippen molar-refractivity contribution in [2.24, 2.45) is 17.3 Å². The van der Waals surface area contributed by atoms with E-state index in [1.165, 1.54) is 51.6 Å². The van der Waals surface area contributed by atoms with E-state index in [1.807, 2.05) is 0 Å². The molecule has 2 heteroatoms. The first-order valence-electron chi connectivity index (χ1n) is 8.89. The van der Waals surface area contributed by atoms with Crippen molar-refractivity contribution in [1.82, 2.24) is 10.2 Å². The molecule has 118 valence electrons. The van der Waals surface area contributed by atoms with Crippen molar-refractivity contribution in [3.63, 3.8) is 0 Å². The summed E-state index contributed by atoms with van der Waals surface area (Å²) in [6.07, 6.45) is 8.36. The van der Waals surface area contributed by atoms with E-state index < -0.39 is 0 Å². The van der Waals surface area contributed by atoms with Gasteiger partial charge in [0, 0.05) is 18.6 Å². The molecule has 2 aliphatic rings. The van der Waals surface area contributed by atoms with Crippen molar-refractivity contribution in [2.75, 3.05) is 20.1 Å². The summed E-state index contributed by atoms with van der Waals surface area (Å²) in [5.74, 6) is 1.81. The monoisotopic (exact) mass is 280 g/mol. The van der Waals surface area contributed by atoms with Crippen LogP contribution in [0.5, 0.6) is 0 Å². The number of nitrogens with zero attached hydrogens (tertiary/aromatic N) is 1. The first-order chi connectivity index (χ1) is 9.45. The largest absolute Gasteiger partial charge is 0.313 e. The lowest BCUT2D eigenvalue weighted by atomic mass is 9.67. The second-order valence-corrected chi connectivity index (χ2v) is 8.09. The van der Waals surface area contributed by atoms with Gasteiger partial charge in [-0.05, 0) is 69.9 Å². The molecular formula is C18H36N2. The molecule has 0 aliphatic heterocycles. The van der Waals surface area contributed by atoms with Crippen LogP contribution in [0.2, 0.25) is 0 Å². The van der Waals surface area contributed by atoms with E-state index in [9.17, 15) is 0 Å². The molecule has 0 aromatic rings. The van der Waals surface area contributed by atoms with E-state index in [0.717, 1.165) is 17.9 Å². The molecule has 2 saturated carbocycles. The van der Waals surface area contributed by atoms with Gasteiger partial charge in [0.05, 0.1) is 0 Å². The molecule has 3 unspecified atom stereocenters. The highest BCUT2D eigenvalue weighted by Gasteiger charge is 2.40. The summed E-state index contributed by atoms with van der Waals surface area (Å²) in [6, 6.07) is 1.48. The van der Waals surface area contributed by atoms with Gasteiger partial charge in [-0.15, -0.1) is 0 Å². The van der Waals surface area contributed by atoms with Crippen LogP contribution in [0.3, 0.4) is 0 Å². The lowest BCUT2D eigenvalue weighted by molar-refractivity contribution is 0.0735. The molecule has 20 heavy (non-hydrogen) atoms. The summed E-state index contributed by atoms with van der Waals surface area (Å²) < 4.78 is 0. The Labute approximate surface area is 126 Å². The smallest absolute Gasteiger partial charge is 0.0159 e. The maximum Gasteiger partial charge on any atom is 0.0159 e. The van der Waals surface area contributed by atoms with Crippen molar-refractivity contribution in [1.29, 1.82) is 0 Å². The fraction of sp³-hybridized carbons (Fsp3) is 1.00. The Morgan fingerprint density at radius 2 is 1.95 bits per heavy atom. The highest BCUT2D eigenvalue weighted by atomic mass is 15.1. The van der Waals surface area contributed by atoms with Crippen LogP contribution in [0.4, 0.5) is 0 Å². The second kappa shape index (κ2) is 6.79. The highest BCUT2D eigenvalue weighted by molar-refractivity contribution is 4.95. The summed E-state index contributed by atoms with van der Waals surface area (Å²) >= 11 is 0. The predicted octanol–water partition coefficient (Wildman–Crippen LogP) is 3.91. The van der Waals surface area contributed by atoms with Crippen LogP contribution in [-0.4, -0.2) is 37.1 Å². The van der Waals surface area contributed by atoms with Gasteiger partial charge in [0.15, 0.2) is 0 Å². The standard InChI is InChI=1S/C18H36N2/c1-6-12-19-17-16(8-7-11-18(17,3)4)13-20(5)14(2)15-9-10-15/h14-17,19H,6-13H2,1-5H3. The zero-order valence-corrected chi connectivity index (χ0v) is 14.4. The lowest BCUT2D eigenvalue weighted by Gasteiger charge is -2.46. The van der Waals surface area contributed by atoms with E-state index in [0.29, 0.717) is 11.5 Å². The zero-order valence-electron chi connectivity index (χ0n) is 14.4. The van der Waals surface area contributed by atoms with E-state index in [-0.39, 0.29) is 0 Å². The number of nitrogens with one attached hydrogen (secondary N) is 1. The number of hydrogen-bond donors (Lipinski definition) is 1. The molecule has 0 spiro atoms. The Kier molecular flexibility index (Phi) is 5.53. The third-order valence-electron chi connectivity index (χ3n) is 5.85. The molecule has 0 aromatic heterocycles. The Morgan fingerprint density at radius 3 is 2.55 bits per heavy atom. The molecule has 0 bridgehead atoms. The van der Waals surface area contributed by atoms with Crippen LogP contribution < -0.4 is 5.32 Å². The molecule has 2 aliphatic carbocycles. The van der Waals surface area contributed by atoms with Crippen LogP contribution in [-0.2, 0) is 0 Å². The van der Waals surface area contributed by atoms with E-state index in [4.69, 9.17) is 0 Å². The summed E-state index contributed by atoms with van der Waals surface area (Å²) in [7, 11) is 2.35. The number of rotatable bonds is 7. The summed E-state index contributed by atoms with van der Waals surface area (Å²) in [6.45, 7) is 12.1. The van der Waals surface area contributed by atoms with E-state index >= 15 is 0 Å². The topological polar surface area (TPSA) is 15.3 Å². The van der Waals surface area contributed by atoms with Crippen molar-refractivity contribution in [3.8, 4) is 0 Å². The van der Waals surface area contributed by atoms with Gasteiger partial charge in [0.1, 0.15) is 0 Å². The van der Waals surface area contributed by atoms with E-state index in [1.54, 1.807) is 0 Å². The van der Waals surface area contributed by atoms with Gasteiger partial charge in [0.25, 0.3) is 0 Å². The first kappa shape index (κ1) is 16.3. The average molecular weight is 280 g/mol. The molecular weight excluding hydrogens is 244 g/mol. The fourth-order valence-corrected chi connectivity index (χ4v) is 4.19. The molecule has 0 aromatic carbocycles. The maximum absolute atomic E-state index is 3.87. The SMILES string of the molecule is CCCNC1C(CN(C)C(C)C2CC2)CCCC1(C)C. The normalized spacial score (nSPS) is 31.5. The highest BCUT2D eigenvalue weighted by Crippen LogP contribution is 2.40. The molecule has 0 amide bonds. The molecule has 0 radical (unpaired) electrons. The lowest BCUT2D eigenvalue weighted by Crippen LogP contribution is -2.53. The van der Waals surface area contributed by atoms with E-state index in [2.05, 4.69) is 45.0 Å². The van der Waals surface area contributed by atoms with Crippen molar-refractivity contribution in [2.45, 2.75) is 78.3 Å². The third kappa shape index (κ3) is 3.98. The maximum atomic E-state index is 3.87. The van der Waals surface area contributed by atoms with Crippen LogP contribution >= 0.6 is 0 Å². The van der Waals surface area contributed by atoms with Gasteiger partial charge >= 0.3 is 0 Å². The average Bonchev–Trinajstić information content (AvgIpc) is 3.20. The molecule has 0 saturated heterocycles. The summed E-state index contributed by atoms with van der Waals surface area (Å²) in [5.41, 5.74) is 0.460. The Morgan fingerprint density at radius 1 is 1.25 bits per heavy atom. The molecule has 2 nitrogen and oxygen atoms in total. The van der Waals surface area contributed by atoms with Crippen LogP contribution in [0, 0.1) is 17.3 Å². The Bertz CT molecular complexity index is 296. The quantitative estimate of drug-likeness (QED) is 0.760. The molecule has 0 heterocycles. The Hall–Kier alpha value is -0.0800. The van der Waals surface area contributed by atoms with Crippen LogP contribution in [0.1, 0.15) is 66.2 Å². The van der Waals surface area contributed by atoms with Crippen LogP contribution in [0.25, 0.3) is 0 Å². The molecule has 1 N–H and O–H groups in total. The molecule has 2 rings (SSSR count). The predicted molar refractivity (Wildman–Crippen MR) is 88.0 cm³/mol. The zero-order chi connectivity index (χ0) is 14.8. The summed E-state index contributed by atoms with van der Waals surface area (Å²) in [5, 5.41) is 3.87. The van der Waals surface area contributed by atoms with Gasteiger partial charge in [-0.25, -0.2) is 0 Å². The second-order valence-electron chi connectivity index (χ2n) is 8.09. The third-order valence-corrected chi connectivity index (χ3v) is 5.85. The minimum absolute atomic E-state index is 0.460. The van der Waals surface area contributed by atoms with Gasteiger partial charge in [-0.2, -0.15) is 0 Å². The van der Waals surface area contributed by atoms with Gasteiger partial charge in [-0.1, -0.05) is 27.2 Å². The minimum Gasteiger partial charge on any atom is -0.313 e. The summed E-state index contributed by atoms with van der Waals surface area (Å²) in [4.78, 5) is 2.64. The van der Waals surface area contributed by atoms with Crippen molar-refractivity contribution in [3.05, 3.63) is 0 Å². The van der Waals surface area contributed by atoms with Crippen molar-refractivity contribution >= 4 is 0 Å². The Balaban J connectivity index is 1.95. The molecule has 3 atom stereocenters. The minimum atomic E-state index is 0.460. The van der Waals surface area contributed by atoms with Gasteiger partial charge in [0.2, 0.25) is 0 Å². The molecule has 2 fully saturated rings. The van der Waals surface area contributed by atoms with Crippen molar-refractivity contribution < 1.29 is 0 Å².